The molecule has 0 heterocycles. The van der Waals surface area contributed by atoms with Crippen molar-refractivity contribution in [1.29, 1.82) is 0 Å². The van der Waals surface area contributed by atoms with Crippen molar-refractivity contribution in [1.82, 2.24) is 0 Å². The van der Waals surface area contributed by atoms with Gasteiger partial charge in [0.1, 0.15) is 0 Å². The Balaban J connectivity index is 2.03. The Morgan fingerprint density at radius 3 is 2.00 bits per heavy atom. The third-order valence-corrected chi connectivity index (χ3v) is 5.52. The zero-order chi connectivity index (χ0) is 11.6. The third kappa shape index (κ3) is 2.41. The molecule has 2 aliphatic carbocycles. The quantitative estimate of drug-likeness (QED) is 0.560. The Kier molecular flexibility index (Phi) is 3.87. The van der Waals surface area contributed by atoms with Crippen LogP contribution in [0.2, 0.25) is 0 Å². The fraction of sp³-hybridized carbons (Fsp3) is 0.938. The number of hydrogen-bond acceptors (Lipinski definition) is 0. The average molecular weight is 221 g/mol. The Hall–Kier alpha value is -0.130. The summed E-state index contributed by atoms with van der Waals surface area (Å²) in [5.74, 6) is 2.60. The Morgan fingerprint density at radius 1 is 0.812 bits per heavy atom. The van der Waals surface area contributed by atoms with E-state index in [9.17, 15) is 0 Å². The molecule has 0 amide bonds. The first-order valence-corrected chi connectivity index (χ1v) is 7.45. The van der Waals surface area contributed by atoms with Crippen LogP contribution >= 0.6 is 0 Å². The van der Waals surface area contributed by atoms with Crippen LogP contribution in [0.15, 0.2) is 0 Å². The summed E-state index contributed by atoms with van der Waals surface area (Å²) in [7, 11) is 0. The molecule has 0 bridgehead atoms. The average Bonchev–Trinajstić information content (AvgIpc) is 2.30. The minimum absolute atomic E-state index is 0.549. The van der Waals surface area contributed by atoms with Crippen molar-refractivity contribution >= 4 is 0 Å². The zero-order valence-corrected chi connectivity index (χ0v) is 11.3. The molecule has 0 spiro atoms. The summed E-state index contributed by atoms with van der Waals surface area (Å²) < 4.78 is 0. The predicted molar refractivity (Wildman–Crippen MR) is 71.2 cm³/mol. The van der Waals surface area contributed by atoms with Crippen molar-refractivity contribution in [3.63, 3.8) is 0 Å². The molecule has 0 aromatic rings. The molecule has 2 rings (SSSR count). The highest BCUT2D eigenvalue weighted by molar-refractivity contribution is 4.92. The first kappa shape index (κ1) is 12.3. The van der Waals surface area contributed by atoms with E-state index in [0.29, 0.717) is 5.41 Å². The van der Waals surface area contributed by atoms with Crippen molar-refractivity contribution in [3.05, 3.63) is 6.92 Å². The molecular weight excluding hydrogens is 192 g/mol. The second-order valence-corrected chi connectivity index (χ2v) is 6.81. The van der Waals surface area contributed by atoms with Crippen LogP contribution < -0.4 is 0 Å². The summed E-state index contributed by atoms with van der Waals surface area (Å²) in [6.45, 7) is 9.52. The molecule has 0 heteroatoms. The molecule has 2 aliphatic rings. The summed E-state index contributed by atoms with van der Waals surface area (Å²) in [4.78, 5) is 0. The van der Waals surface area contributed by atoms with E-state index in [0.717, 1.165) is 17.8 Å². The van der Waals surface area contributed by atoms with Gasteiger partial charge in [-0.1, -0.05) is 39.5 Å². The summed E-state index contributed by atoms with van der Waals surface area (Å²) in [6.07, 6.45) is 13.1. The first-order chi connectivity index (χ1) is 7.62. The topological polar surface area (TPSA) is 0 Å². The van der Waals surface area contributed by atoms with Crippen LogP contribution in [-0.2, 0) is 0 Å². The van der Waals surface area contributed by atoms with Gasteiger partial charge in [0, 0.05) is 5.92 Å². The van der Waals surface area contributed by atoms with Gasteiger partial charge < -0.3 is 0 Å². The molecule has 2 unspecified atom stereocenters. The summed E-state index contributed by atoms with van der Waals surface area (Å²) >= 11 is 0. The smallest absolute Gasteiger partial charge is 0.0592 e. The minimum atomic E-state index is 0.549. The summed E-state index contributed by atoms with van der Waals surface area (Å²) in [6, 6.07) is 0. The monoisotopic (exact) mass is 221 g/mol. The summed E-state index contributed by atoms with van der Waals surface area (Å²) in [5, 5.41) is 0. The van der Waals surface area contributed by atoms with E-state index in [-0.39, 0.29) is 0 Å². The van der Waals surface area contributed by atoms with Gasteiger partial charge in [-0.3, -0.25) is 0 Å². The van der Waals surface area contributed by atoms with Gasteiger partial charge in [0.2, 0.25) is 0 Å². The lowest BCUT2D eigenvalue weighted by molar-refractivity contribution is 0.0345. The van der Waals surface area contributed by atoms with Gasteiger partial charge in [0.15, 0.2) is 0 Å². The van der Waals surface area contributed by atoms with Crippen molar-refractivity contribution in [2.75, 3.05) is 0 Å². The van der Waals surface area contributed by atoms with Crippen molar-refractivity contribution in [2.24, 2.45) is 23.2 Å². The molecular formula is C16H29+. The molecule has 16 heavy (non-hydrogen) atoms. The lowest BCUT2D eigenvalue weighted by Crippen LogP contribution is -2.38. The lowest BCUT2D eigenvalue weighted by atomic mass is 9.58. The third-order valence-electron chi connectivity index (χ3n) is 5.52. The van der Waals surface area contributed by atoms with E-state index >= 15 is 0 Å². The van der Waals surface area contributed by atoms with E-state index in [1.54, 1.807) is 0 Å². The maximum atomic E-state index is 4.44. The first-order valence-electron chi connectivity index (χ1n) is 7.45. The van der Waals surface area contributed by atoms with Gasteiger partial charge in [0.25, 0.3) is 0 Å². The second-order valence-electron chi connectivity index (χ2n) is 6.81. The molecule has 0 aromatic heterocycles. The number of rotatable bonds is 2. The van der Waals surface area contributed by atoms with Gasteiger partial charge in [-0.2, -0.15) is 0 Å². The van der Waals surface area contributed by atoms with Crippen LogP contribution in [0, 0.1) is 30.1 Å². The number of hydrogen-bond donors (Lipinski definition) is 0. The van der Waals surface area contributed by atoms with E-state index in [1.807, 2.05) is 0 Å². The molecule has 92 valence electrons. The van der Waals surface area contributed by atoms with Crippen molar-refractivity contribution in [3.8, 4) is 0 Å². The maximum Gasteiger partial charge on any atom is 0.0986 e. The van der Waals surface area contributed by atoms with Crippen LogP contribution in [-0.4, -0.2) is 0 Å². The van der Waals surface area contributed by atoms with Gasteiger partial charge in [0.05, 0.1) is 12.8 Å². The van der Waals surface area contributed by atoms with Gasteiger partial charge in [-0.15, -0.1) is 0 Å². The van der Waals surface area contributed by atoms with Gasteiger partial charge in [-0.25, -0.2) is 0 Å². The molecule has 0 aromatic carbocycles. The highest BCUT2D eigenvalue weighted by Gasteiger charge is 2.43. The van der Waals surface area contributed by atoms with Crippen LogP contribution in [0.3, 0.4) is 0 Å². The molecule has 2 atom stereocenters. The van der Waals surface area contributed by atoms with Gasteiger partial charge >= 0.3 is 0 Å². The second kappa shape index (κ2) is 5.02. The maximum absolute atomic E-state index is 4.44. The SMILES string of the molecule is [CH2+]C1CCCCC1C(C)(C)C1CCCCC1. The molecule has 2 saturated carbocycles. The predicted octanol–water partition coefficient (Wildman–Crippen LogP) is 5.23. The standard InChI is InChI=1S/C16H29/c1-13-9-7-8-12-15(13)16(2,3)14-10-5-4-6-11-14/h13-15H,1,4-12H2,2-3H3/q+1. The van der Waals surface area contributed by atoms with Gasteiger partial charge in [-0.05, 0) is 43.4 Å². The highest BCUT2D eigenvalue weighted by Crippen LogP contribution is 2.50. The van der Waals surface area contributed by atoms with E-state index in [1.165, 1.54) is 57.8 Å². The van der Waals surface area contributed by atoms with E-state index < -0.39 is 0 Å². The Bertz CT molecular complexity index is 210. The van der Waals surface area contributed by atoms with E-state index in [4.69, 9.17) is 0 Å². The van der Waals surface area contributed by atoms with Crippen LogP contribution in [0.4, 0.5) is 0 Å². The molecule has 0 nitrogen and oxygen atoms in total. The van der Waals surface area contributed by atoms with Crippen LogP contribution in [0.5, 0.6) is 0 Å². The zero-order valence-electron chi connectivity index (χ0n) is 11.3. The highest BCUT2D eigenvalue weighted by atomic mass is 14.5. The molecule has 0 N–H and O–H groups in total. The molecule has 0 aliphatic heterocycles. The van der Waals surface area contributed by atoms with Crippen LogP contribution in [0.25, 0.3) is 0 Å². The largest absolute Gasteiger partial charge is 0.0986 e. The minimum Gasteiger partial charge on any atom is -0.0592 e. The fourth-order valence-electron chi connectivity index (χ4n) is 4.34. The normalized spacial score (nSPS) is 33.9. The lowest BCUT2D eigenvalue weighted by Gasteiger charge is -2.45. The molecule has 0 saturated heterocycles. The van der Waals surface area contributed by atoms with Crippen molar-refractivity contribution < 1.29 is 0 Å². The summed E-state index contributed by atoms with van der Waals surface area (Å²) in [5.41, 5.74) is 0.549. The molecule has 0 radical (unpaired) electrons. The van der Waals surface area contributed by atoms with Crippen LogP contribution in [0.1, 0.15) is 71.6 Å². The molecule has 2 fully saturated rings. The van der Waals surface area contributed by atoms with Crippen molar-refractivity contribution in [2.45, 2.75) is 71.6 Å². The fourth-order valence-corrected chi connectivity index (χ4v) is 4.34. The van der Waals surface area contributed by atoms with E-state index in [2.05, 4.69) is 20.8 Å². The Morgan fingerprint density at radius 2 is 1.38 bits per heavy atom. The Labute approximate surface area is 102 Å².